The molecule has 0 atom stereocenters. The van der Waals surface area contributed by atoms with Gasteiger partial charge < -0.3 is 5.32 Å². The van der Waals surface area contributed by atoms with Crippen LogP contribution in [0.4, 0.5) is 5.69 Å². The van der Waals surface area contributed by atoms with Crippen molar-refractivity contribution in [2.24, 2.45) is 0 Å². The number of nitrogens with one attached hydrogen (secondary N) is 1. The Balaban J connectivity index is 1.67. The molecule has 0 amide bonds. The fraction of sp³-hybridized carbons (Fsp3) is 0.0870. The smallest absolute Gasteiger partial charge is 0.188 e. The first-order chi connectivity index (χ1) is 13.1. The van der Waals surface area contributed by atoms with Crippen molar-refractivity contribution in [2.45, 2.75) is 6.42 Å². The zero-order valence-electron chi connectivity index (χ0n) is 15.0. The zero-order chi connectivity index (χ0) is 19.1. The largest absolute Gasteiger partial charge is 0.350 e. The highest BCUT2D eigenvalue weighted by Gasteiger charge is 2.06. The number of hydrogen-bond acceptors (Lipinski definition) is 3. The number of carbonyl (C=O) groups is 1. The van der Waals surface area contributed by atoms with Gasteiger partial charge in [-0.25, -0.2) is 0 Å². The first-order valence-corrected chi connectivity index (χ1v) is 10.2. The van der Waals surface area contributed by atoms with E-state index in [0.717, 1.165) is 17.1 Å². The lowest BCUT2D eigenvalue weighted by Gasteiger charge is -2.10. The molecule has 0 saturated carbocycles. The summed E-state index contributed by atoms with van der Waals surface area (Å²) >= 11 is 7.38. The maximum absolute atomic E-state index is 12.4. The van der Waals surface area contributed by atoms with Crippen LogP contribution in [0, 0.1) is 0 Å². The van der Waals surface area contributed by atoms with Crippen LogP contribution in [0.3, 0.4) is 0 Å². The van der Waals surface area contributed by atoms with Crippen LogP contribution in [-0.4, -0.2) is 12.0 Å². The van der Waals surface area contributed by atoms with Gasteiger partial charge in [-0.05, 0) is 60.2 Å². The van der Waals surface area contributed by atoms with Crippen LogP contribution in [-0.2, 0) is 6.42 Å². The average molecular weight is 394 g/mol. The normalized spacial score (nSPS) is 11.3. The molecule has 3 rings (SSSR count). The summed E-state index contributed by atoms with van der Waals surface area (Å²) in [4.78, 5) is 12.4. The van der Waals surface area contributed by atoms with Gasteiger partial charge in [-0.15, -0.1) is 11.8 Å². The monoisotopic (exact) mass is 393 g/mol. The Morgan fingerprint density at radius 3 is 2.19 bits per heavy atom. The van der Waals surface area contributed by atoms with Gasteiger partial charge in [0.05, 0.1) is 5.03 Å². The Bertz CT molecular complexity index is 919. The Morgan fingerprint density at radius 2 is 1.56 bits per heavy atom. The number of halogens is 1. The van der Waals surface area contributed by atoms with Crippen LogP contribution in [0.2, 0.25) is 5.02 Å². The van der Waals surface area contributed by atoms with Crippen molar-refractivity contribution >= 4 is 34.8 Å². The third-order valence-corrected chi connectivity index (χ3v) is 5.00. The standard InChI is InChI=1S/C23H20ClNOS/c1-27-23(16-22(26)19-9-11-20(24)12-10-19)25-21-13-7-18(8-14-21)15-17-5-3-2-4-6-17/h2-14,16,25H,15H2,1H3/b23-16-. The minimum absolute atomic E-state index is 0.0517. The number of benzene rings is 3. The van der Waals surface area contributed by atoms with Crippen molar-refractivity contribution in [3.8, 4) is 0 Å². The molecule has 0 radical (unpaired) electrons. The quantitative estimate of drug-likeness (QED) is 0.370. The zero-order valence-corrected chi connectivity index (χ0v) is 16.6. The molecule has 0 unspecified atom stereocenters. The molecule has 136 valence electrons. The molecule has 0 aliphatic heterocycles. The van der Waals surface area contributed by atoms with E-state index in [-0.39, 0.29) is 5.78 Å². The van der Waals surface area contributed by atoms with Crippen molar-refractivity contribution in [3.63, 3.8) is 0 Å². The predicted octanol–water partition coefficient (Wildman–Crippen LogP) is 6.43. The van der Waals surface area contributed by atoms with E-state index in [2.05, 4.69) is 41.7 Å². The van der Waals surface area contributed by atoms with Crippen LogP contribution in [0.1, 0.15) is 21.5 Å². The molecule has 1 N–H and O–H groups in total. The van der Waals surface area contributed by atoms with Crippen molar-refractivity contribution in [1.82, 2.24) is 0 Å². The van der Waals surface area contributed by atoms with Gasteiger partial charge in [-0.3, -0.25) is 4.79 Å². The number of thioether (sulfide) groups is 1. The lowest BCUT2D eigenvalue weighted by Crippen LogP contribution is -2.01. The van der Waals surface area contributed by atoms with E-state index in [1.165, 1.54) is 22.9 Å². The van der Waals surface area contributed by atoms with Gasteiger partial charge in [0.25, 0.3) is 0 Å². The third kappa shape index (κ3) is 5.75. The molecule has 0 aliphatic carbocycles. The summed E-state index contributed by atoms with van der Waals surface area (Å²) in [6, 6.07) is 25.6. The van der Waals surface area contributed by atoms with E-state index in [1.807, 2.05) is 24.5 Å². The highest BCUT2D eigenvalue weighted by atomic mass is 35.5. The highest BCUT2D eigenvalue weighted by Crippen LogP contribution is 2.20. The molecule has 3 aromatic carbocycles. The minimum Gasteiger partial charge on any atom is -0.350 e. The number of rotatable bonds is 7. The lowest BCUT2D eigenvalue weighted by atomic mass is 10.0. The Labute approximate surface area is 169 Å². The highest BCUT2D eigenvalue weighted by molar-refractivity contribution is 8.02. The second-order valence-corrected chi connectivity index (χ2v) is 7.35. The van der Waals surface area contributed by atoms with Crippen molar-refractivity contribution in [2.75, 3.05) is 11.6 Å². The third-order valence-electron chi connectivity index (χ3n) is 4.08. The molecule has 0 aliphatic rings. The molecule has 3 aromatic rings. The molecule has 4 heteroatoms. The fourth-order valence-electron chi connectivity index (χ4n) is 2.64. The molecule has 0 fully saturated rings. The first kappa shape index (κ1) is 19.3. The molecule has 2 nitrogen and oxygen atoms in total. The minimum atomic E-state index is -0.0517. The molecular formula is C23H20ClNOS. The Kier molecular flexibility index (Phi) is 6.74. The first-order valence-electron chi connectivity index (χ1n) is 8.59. The number of carbonyl (C=O) groups excluding carboxylic acids is 1. The van der Waals surface area contributed by atoms with Gasteiger partial charge in [-0.1, -0.05) is 54.1 Å². The Hall–Kier alpha value is -2.49. The van der Waals surface area contributed by atoms with Crippen molar-refractivity contribution < 1.29 is 4.79 Å². The van der Waals surface area contributed by atoms with E-state index < -0.39 is 0 Å². The second-order valence-electron chi connectivity index (χ2n) is 6.07. The van der Waals surface area contributed by atoms with E-state index >= 15 is 0 Å². The Morgan fingerprint density at radius 1 is 0.926 bits per heavy atom. The number of ketones is 1. The van der Waals surface area contributed by atoms with Crippen molar-refractivity contribution in [3.05, 3.63) is 112 Å². The second kappa shape index (κ2) is 9.45. The van der Waals surface area contributed by atoms with Crippen LogP contribution >= 0.6 is 23.4 Å². The topological polar surface area (TPSA) is 29.1 Å². The van der Waals surface area contributed by atoms with E-state index in [0.29, 0.717) is 10.6 Å². The van der Waals surface area contributed by atoms with Gasteiger partial charge in [0, 0.05) is 22.3 Å². The van der Waals surface area contributed by atoms with Gasteiger partial charge >= 0.3 is 0 Å². The summed E-state index contributed by atoms with van der Waals surface area (Å²) < 4.78 is 0. The molecule has 0 spiro atoms. The summed E-state index contributed by atoms with van der Waals surface area (Å²) in [6.45, 7) is 0. The SMILES string of the molecule is CS/C(=C\C(=O)c1ccc(Cl)cc1)Nc1ccc(Cc2ccccc2)cc1. The van der Waals surface area contributed by atoms with Crippen LogP contribution in [0.5, 0.6) is 0 Å². The number of allylic oxidation sites excluding steroid dienone is 1. The molecule has 0 bridgehead atoms. The van der Waals surface area contributed by atoms with Crippen LogP contribution in [0.25, 0.3) is 0 Å². The molecule has 0 saturated heterocycles. The lowest BCUT2D eigenvalue weighted by molar-refractivity contribution is 0.104. The fourth-order valence-corrected chi connectivity index (χ4v) is 3.21. The number of hydrogen-bond donors (Lipinski definition) is 1. The summed E-state index contributed by atoms with van der Waals surface area (Å²) in [5, 5.41) is 4.73. The van der Waals surface area contributed by atoms with Crippen LogP contribution in [0.15, 0.2) is 90.0 Å². The maximum atomic E-state index is 12.4. The molecule has 0 aromatic heterocycles. The summed E-state index contributed by atoms with van der Waals surface area (Å²) in [5.41, 5.74) is 4.11. The van der Waals surface area contributed by atoms with E-state index in [4.69, 9.17) is 11.6 Å². The van der Waals surface area contributed by atoms with Crippen molar-refractivity contribution in [1.29, 1.82) is 0 Å². The summed E-state index contributed by atoms with van der Waals surface area (Å²) in [6.07, 6.45) is 4.46. The molecule has 27 heavy (non-hydrogen) atoms. The van der Waals surface area contributed by atoms with E-state index in [1.54, 1.807) is 30.3 Å². The molecular weight excluding hydrogens is 374 g/mol. The predicted molar refractivity (Wildman–Crippen MR) is 117 cm³/mol. The number of anilines is 1. The maximum Gasteiger partial charge on any atom is 0.188 e. The van der Waals surface area contributed by atoms with Gasteiger partial charge in [0.2, 0.25) is 0 Å². The summed E-state index contributed by atoms with van der Waals surface area (Å²) in [5.74, 6) is -0.0517. The van der Waals surface area contributed by atoms with E-state index in [9.17, 15) is 4.79 Å². The van der Waals surface area contributed by atoms with Crippen LogP contribution < -0.4 is 5.32 Å². The van der Waals surface area contributed by atoms with Gasteiger partial charge in [0.15, 0.2) is 5.78 Å². The molecule has 0 heterocycles. The average Bonchev–Trinajstić information content (AvgIpc) is 2.70. The van der Waals surface area contributed by atoms with Gasteiger partial charge in [0.1, 0.15) is 0 Å². The summed E-state index contributed by atoms with van der Waals surface area (Å²) in [7, 11) is 0. The van der Waals surface area contributed by atoms with Gasteiger partial charge in [-0.2, -0.15) is 0 Å².